The molecule has 0 unspecified atom stereocenters. The highest BCUT2D eigenvalue weighted by atomic mass is 35.5. The molecule has 3 heterocycles. The molecule has 7 nitrogen and oxygen atoms in total. The molecule has 0 saturated carbocycles. The zero-order chi connectivity index (χ0) is 19.2. The largest absolute Gasteiger partial charge is 0.348 e. The lowest BCUT2D eigenvalue weighted by Gasteiger charge is -2.32. The van der Waals surface area contributed by atoms with Gasteiger partial charge in [-0.3, -0.25) is 4.79 Å². The lowest BCUT2D eigenvalue weighted by molar-refractivity contribution is 0.0906. The Kier molecular flexibility index (Phi) is 10.0. The van der Waals surface area contributed by atoms with Crippen LogP contribution in [0.15, 0.2) is 36.5 Å². The minimum atomic E-state index is -0.0945. The van der Waals surface area contributed by atoms with Crippen LogP contribution in [-0.4, -0.2) is 64.6 Å². The van der Waals surface area contributed by atoms with Crippen LogP contribution in [0, 0.1) is 0 Å². The summed E-state index contributed by atoms with van der Waals surface area (Å²) in [5.41, 5.74) is 1.82. The maximum Gasteiger partial charge on any atom is 0.273 e. The second kappa shape index (κ2) is 12.2. The highest BCUT2D eigenvalue weighted by molar-refractivity contribution is 5.92. The molecule has 1 aromatic carbocycles. The first-order valence-corrected chi connectivity index (χ1v) is 10.5. The number of rotatable bonds is 6. The number of nitrogens with one attached hydrogen (secondary N) is 2. The van der Waals surface area contributed by atoms with Gasteiger partial charge in [0, 0.05) is 25.7 Å². The molecule has 0 aliphatic carbocycles. The molecule has 2 aliphatic heterocycles. The van der Waals surface area contributed by atoms with Gasteiger partial charge in [0.15, 0.2) is 5.69 Å². The minimum absolute atomic E-state index is 0. The molecule has 2 saturated heterocycles. The highest BCUT2D eigenvalue weighted by Crippen LogP contribution is 2.17. The van der Waals surface area contributed by atoms with Crippen LogP contribution in [0.2, 0.25) is 0 Å². The molecule has 4 rings (SSSR count). The Balaban J connectivity index is 0.00000160. The molecular formula is C21H32Cl2N6O. The molecule has 166 valence electrons. The van der Waals surface area contributed by atoms with Crippen LogP contribution in [0.3, 0.4) is 0 Å². The summed E-state index contributed by atoms with van der Waals surface area (Å²) >= 11 is 0. The number of aromatic nitrogens is 3. The number of benzene rings is 1. The zero-order valence-corrected chi connectivity index (χ0v) is 18.8. The maximum absolute atomic E-state index is 12.5. The topological polar surface area (TPSA) is 75.1 Å². The Labute approximate surface area is 190 Å². The van der Waals surface area contributed by atoms with Crippen molar-refractivity contribution in [2.24, 2.45) is 0 Å². The van der Waals surface area contributed by atoms with Gasteiger partial charge >= 0.3 is 0 Å². The lowest BCUT2D eigenvalue weighted by Crippen LogP contribution is -2.45. The molecule has 30 heavy (non-hydrogen) atoms. The third kappa shape index (κ3) is 6.67. The van der Waals surface area contributed by atoms with E-state index in [9.17, 15) is 4.79 Å². The van der Waals surface area contributed by atoms with Crippen molar-refractivity contribution in [1.82, 2.24) is 30.5 Å². The number of halogens is 2. The first kappa shape index (κ1) is 24.6. The summed E-state index contributed by atoms with van der Waals surface area (Å²) in [5.74, 6) is -0.0945. The van der Waals surface area contributed by atoms with Gasteiger partial charge in [-0.2, -0.15) is 0 Å². The van der Waals surface area contributed by atoms with Crippen molar-refractivity contribution in [3.8, 4) is 0 Å². The molecule has 0 bridgehead atoms. The van der Waals surface area contributed by atoms with Crippen LogP contribution < -0.4 is 10.6 Å². The van der Waals surface area contributed by atoms with E-state index >= 15 is 0 Å². The van der Waals surface area contributed by atoms with Crippen molar-refractivity contribution >= 4 is 30.7 Å². The van der Waals surface area contributed by atoms with Crippen molar-refractivity contribution < 1.29 is 4.79 Å². The van der Waals surface area contributed by atoms with Gasteiger partial charge in [-0.1, -0.05) is 35.5 Å². The Bertz CT molecular complexity index is 758. The molecule has 2 N–H and O–H groups in total. The fraction of sp³-hybridized carbons (Fsp3) is 0.571. The standard InChI is InChI=1S/C21H30N6O.2ClH/c28-21(20-16-27(25-24-20)19-6-11-22-12-7-19)23-18-9-14-26(15-10-18)13-8-17-4-2-1-3-5-17;;/h1-5,16,18-19,22H,6-15H2,(H,23,28);2*1H. The number of piperidine rings is 2. The fourth-order valence-corrected chi connectivity index (χ4v) is 4.12. The maximum atomic E-state index is 12.5. The van der Waals surface area contributed by atoms with E-state index in [2.05, 4.69) is 56.2 Å². The van der Waals surface area contributed by atoms with Gasteiger partial charge in [-0.05, 0) is 50.8 Å². The van der Waals surface area contributed by atoms with Crippen LogP contribution in [0.25, 0.3) is 0 Å². The normalized spacial score (nSPS) is 18.3. The smallest absolute Gasteiger partial charge is 0.273 e. The average molecular weight is 455 g/mol. The van der Waals surface area contributed by atoms with Crippen molar-refractivity contribution in [2.75, 3.05) is 32.7 Å². The van der Waals surface area contributed by atoms with Crippen molar-refractivity contribution in [1.29, 1.82) is 0 Å². The summed E-state index contributed by atoms with van der Waals surface area (Å²) < 4.78 is 1.86. The molecule has 0 radical (unpaired) electrons. The molecule has 2 aliphatic rings. The third-order valence-corrected chi connectivity index (χ3v) is 5.91. The van der Waals surface area contributed by atoms with Gasteiger partial charge in [-0.15, -0.1) is 29.9 Å². The summed E-state index contributed by atoms with van der Waals surface area (Å²) in [7, 11) is 0. The van der Waals surface area contributed by atoms with E-state index in [1.807, 2.05) is 4.68 Å². The Morgan fingerprint density at radius 1 is 1.07 bits per heavy atom. The zero-order valence-electron chi connectivity index (χ0n) is 17.2. The van der Waals surface area contributed by atoms with Gasteiger partial charge in [-0.25, -0.2) is 4.68 Å². The molecular weight excluding hydrogens is 423 g/mol. The summed E-state index contributed by atoms with van der Waals surface area (Å²) in [5, 5.41) is 14.8. The number of hydrogen-bond donors (Lipinski definition) is 2. The third-order valence-electron chi connectivity index (χ3n) is 5.91. The van der Waals surface area contributed by atoms with Crippen LogP contribution >= 0.6 is 24.8 Å². The molecule has 2 fully saturated rings. The molecule has 0 spiro atoms. The van der Waals surface area contributed by atoms with E-state index in [1.54, 1.807) is 6.20 Å². The quantitative estimate of drug-likeness (QED) is 0.700. The van der Waals surface area contributed by atoms with Crippen LogP contribution in [-0.2, 0) is 6.42 Å². The summed E-state index contributed by atoms with van der Waals surface area (Å²) in [4.78, 5) is 15.0. The second-order valence-corrected chi connectivity index (χ2v) is 7.89. The highest BCUT2D eigenvalue weighted by Gasteiger charge is 2.23. The van der Waals surface area contributed by atoms with Gasteiger partial charge < -0.3 is 15.5 Å². The Morgan fingerprint density at radius 3 is 2.47 bits per heavy atom. The van der Waals surface area contributed by atoms with Crippen LogP contribution in [0.5, 0.6) is 0 Å². The van der Waals surface area contributed by atoms with E-state index in [1.165, 1.54) is 5.56 Å². The SMILES string of the molecule is Cl.Cl.O=C(NC1CCN(CCc2ccccc2)CC1)c1cn(C2CCNCC2)nn1. The van der Waals surface area contributed by atoms with E-state index in [0.717, 1.165) is 64.8 Å². The number of amides is 1. The Hall–Kier alpha value is -1.67. The number of likely N-dealkylation sites (tertiary alicyclic amines) is 1. The van der Waals surface area contributed by atoms with E-state index in [-0.39, 0.29) is 36.8 Å². The van der Waals surface area contributed by atoms with Crippen LogP contribution in [0.1, 0.15) is 47.8 Å². The monoisotopic (exact) mass is 454 g/mol. The van der Waals surface area contributed by atoms with Gasteiger partial charge in [0.2, 0.25) is 0 Å². The minimum Gasteiger partial charge on any atom is -0.348 e. The predicted molar refractivity (Wildman–Crippen MR) is 123 cm³/mol. The van der Waals surface area contributed by atoms with Gasteiger partial charge in [0.25, 0.3) is 5.91 Å². The number of carbonyl (C=O) groups excluding carboxylic acids is 1. The fourth-order valence-electron chi connectivity index (χ4n) is 4.12. The summed E-state index contributed by atoms with van der Waals surface area (Å²) in [6.07, 6.45) is 6.93. The van der Waals surface area contributed by atoms with E-state index in [0.29, 0.717) is 11.7 Å². The van der Waals surface area contributed by atoms with E-state index in [4.69, 9.17) is 0 Å². The lowest BCUT2D eigenvalue weighted by atomic mass is 10.0. The summed E-state index contributed by atoms with van der Waals surface area (Å²) in [6, 6.07) is 11.2. The molecule has 0 atom stereocenters. The Morgan fingerprint density at radius 2 is 1.77 bits per heavy atom. The first-order chi connectivity index (χ1) is 13.8. The molecule has 9 heteroatoms. The molecule has 2 aromatic rings. The number of hydrogen-bond acceptors (Lipinski definition) is 5. The van der Waals surface area contributed by atoms with Crippen molar-refractivity contribution in [3.05, 3.63) is 47.8 Å². The first-order valence-electron chi connectivity index (χ1n) is 10.5. The van der Waals surface area contributed by atoms with Crippen molar-refractivity contribution in [2.45, 2.75) is 44.2 Å². The molecule has 1 aromatic heterocycles. The van der Waals surface area contributed by atoms with Gasteiger partial charge in [0.1, 0.15) is 0 Å². The molecule has 1 amide bonds. The number of carbonyl (C=O) groups is 1. The van der Waals surface area contributed by atoms with Gasteiger partial charge in [0.05, 0.1) is 12.2 Å². The average Bonchev–Trinajstić information content (AvgIpc) is 3.25. The van der Waals surface area contributed by atoms with E-state index < -0.39 is 0 Å². The summed E-state index contributed by atoms with van der Waals surface area (Å²) in [6.45, 7) is 5.12. The second-order valence-electron chi connectivity index (χ2n) is 7.89. The van der Waals surface area contributed by atoms with Crippen LogP contribution in [0.4, 0.5) is 0 Å². The predicted octanol–water partition coefficient (Wildman–Crippen LogP) is 2.48. The van der Waals surface area contributed by atoms with Crippen molar-refractivity contribution in [3.63, 3.8) is 0 Å². The number of nitrogens with zero attached hydrogens (tertiary/aromatic N) is 4.